The number of halogens is 3. The van der Waals surface area contributed by atoms with Crippen molar-refractivity contribution in [3.8, 4) is 23.0 Å². The molecule has 0 saturated carbocycles. The van der Waals surface area contributed by atoms with Gasteiger partial charge in [-0.1, -0.05) is 11.6 Å². The first kappa shape index (κ1) is 23.4. The van der Waals surface area contributed by atoms with Crippen LogP contribution in [0.2, 0.25) is 5.02 Å². The molecule has 1 N–H and O–H groups in total. The number of amides is 1. The Hall–Kier alpha value is -3.36. The van der Waals surface area contributed by atoms with Gasteiger partial charge in [-0.2, -0.15) is 0 Å². The monoisotopic (exact) mass is 500 g/mol. The molecule has 1 amide bonds. The second-order valence-electron chi connectivity index (χ2n) is 8.54. The van der Waals surface area contributed by atoms with Crippen molar-refractivity contribution in [2.45, 2.75) is 19.4 Å². The Balaban J connectivity index is 1.19. The van der Waals surface area contributed by atoms with Crippen LogP contribution in [0.4, 0.5) is 14.5 Å². The maximum absolute atomic E-state index is 14.0. The minimum absolute atomic E-state index is 0.00195. The lowest BCUT2D eigenvalue weighted by Crippen LogP contribution is -2.37. The number of ether oxygens (including phenoxy) is 3. The number of hydrogen-bond donors (Lipinski definition) is 1. The number of hydrogen-bond acceptors (Lipinski definition) is 5. The molecule has 0 unspecified atom stereocenters. The van der Waals surface area contributed by atoms with Crippen molar-refractivity contribution in [3.63, 3.8) is 0 Å². The summed E-state index contributed by atoms with van der Waals surface area (Å²) in [4.78, 5) is 14.9. The smallest absolute Gasteiger partial charge is 0.231 e. The van der Waals surface area contributed by atoms with Gasteiger partial charge < -0.3 is 19.5 Å². The minimum Gasteiger partial charge on any atom is -0.457 e. The van der Waals surface area contributed by atoms with E-state index in [1.165, 1.54) is 30.3 Å². The largest absolute Gasteiger partial charge is 0.457 e. The third-order valence-corrected chi connectivity index (χ3v) is 6.44. The molecule has 182 valence electrons. The van der Waals surface area contributed by atoms with Gasteiger partial charge in [0.2, 0.25) is 12.7 Å². The highest BCUT2D eigenvalue weighted by atomic mass is 35.5. The van der Waals surface area contributed by atoms with Gasteiger partial charge in [0.15, 0.2) is 11.5 Å². The van der Waals surface area contributed by atoms with Crippen LogP contribution in [0.15, 0.2) is 54.6 Å². The van der Waals surface area contributed by atoms with Gasteiger partial charge >= 0.3 is 0 Å². The fraction of sp³-hybridized carbons (Fsp3) is 0.269. The SMILES string of the molecule is O=C(Nc1ccc2c(c1)OCO2)C1CCN(Cc2cc(F)ccc2Oc2ccc(Cl)c(F)c2)CC1. The van der Waals surface area contributed by atoms with Gasteiger partial charge in [-0.05, 0) is 68.4 Å². The normalized spacial score (nSPS) is 15.7. The molecule has 6 nitrogen and oxygen atoms in total. The second-order valence-corrected chi connectivity index (χ2v) is 8.94. The van der Waals surface area contributed by atoms with Crippen LogP contribution in [0.3, 0.4) is 0 Å². The molecule has 9 heteroatoms. The van der Waals surface area contributed by atoms with Crippen LogP contribution in [0, 0.1) is 17.6 Å². The number of carbonyl (C=O) groups is 1. The lowest BCUT2D eigenvalue weighted by atomic mass is 9.95. The van der Waals surface area contributed by atoms with E-state index in [2.05, 4.69) is 10.2 Å². The average molecular weight is 501 g/mol. The fourth-order valence-corrected chi connectivity index (χ4v) is 4.37. The summed E-state index contributed by atoms with van der Waals surface area (Å²) in [6.45, 7) is 1.97. The van der Waals surface area contributed by atoms with Crippen LogP contribution in [-0.4, -0.2) is 30.7 Å². The number of nitrogens with zero attached hydrogens (tertiary/aromatic N) is 1. The lowest BCUT2D eigenvalue weighted by Gasteiger charge is -2.31. The number of nitrogens with one attached hydrogen (secondary N) is 1. The molecule has 2 aliphatic heterocycles. The van der Waals surface area contributed by atoms with Gasteiger partial charge in [0.05, 0.1) is 5.02 Å². The Kier molecular flexibility index (Phi) is 6.74. The van der Waals surface area contributed by atoms with Crippen molar-refractivity contribution in [1.29, 1.82) is 0 Å². The van der Waals surface area contributed by atoms with E-state index in [0.717, 1.165) is 0 Å². The van der Waals surface area contributed by atoms with Gasteiger partial charge in [-0.15, -0.1) is 0 Å². The standard InChI is InChI=1S/C26H23ClF2N2O4/c27-21-4-3-20(13-22(21)29)35-23-5-1-18(28)11-17(23)14-31-9-7-16(8-10-31)26(32)30-19-2-6-24-25(12-19)34-15-33-24/h1-6,11-13,16H,7-10,14-15H2,(H,30,32). The number of piperidine rings is 1. The van der Waals surface area contributed by atoms with Gasteiger partial charge in [0.25, 0.3) is 0 Å². The maximum Gasteiger partial charge on any atom is 0.231 e. The summed E-state index contributed by atoms with van der Waals surface area (Å²) in [5, 5.41) is 2.96. The Labute approximate surface area is 206 Å². The van der Waals surface area contributed by atoms with Crippen molar-refractivity contribution in [2.75, 3.05) is 25.2 Å². The topological polar surface area (TPSA) is 60.0 Å². The van der Waals surface area contributed by atoms with Crippen molar-refractivity contribution in [2.24, 2.45) is 5.92 Å². The van der Waals surface area contributed by atoms with Gasteiger partial charge in [-0.25, -0.2) is 8.78 Å². The zero-order valence-electron chi connectivity index (χ0n) is 18.7. The second kappa shape index (κ2) is 10.1. The molecule has 0 aromatic heterocycles. The number of likely N-dealkylation sites (tertiary alicyclic amines) is 1. The number of rotatable bonds is 6. The summed E-state index contributed by atoms with van der Waals surface area (Å²) >= 11 is 5.74. The van der Waals surface area contributed by atoms with E-state index in [1.807, 2.05) is 0 Å². The van der Waals surface area contributed by atoms with Crippen molar-refractivity contribution >= 4 is 23.2 Å². The predicted molar refractivity (Wildman–Crippen MR) is 127 cm³/mol. The van der Waals surface area contributed by atoms with Crippen LogP contribution in [-0.2, 0) is 11.3 Å². The molecule has 2 aliphatic rings. The fourth-order valence-electron chi connectivity index (χ4n) is 4.25. The first-order valence-electron chi connectivity index (χ1n) is 11.3. The van der Waals surface area contributed by atoms with Crippen LogP contribution in [0.1, 0.15) is 18.4 Å². The summed E-state index contributed by atoms with van der Waals surface area (Å²) in [6.07, 6.45) is 1.34. The minimum atomic E-state index is -0.589. The molecule has 1 fully saturated rings. The average Bonchev–Trinajstić information content (AvgIpc) is 3.31. The molecule has 0 atom stereocenters. The van der Waals surface area contributed by atoms with E-state index in [9.17, 15) is 13.6 Å². The van der Waals surface area contributed by atoms with Crippen LogP contribution in [0.25, 0.3) is 0 Å². The number of fused-ring (bicyclic) bond motifs is 1. The maximum atomic E-state index is 14.0. The summed E-state index contributed by atoms with van der Waals surface area (Å²) < 4.78 is 44.3. The summed E-state index contributed by atoms with van der Waals surface area (Å²) in [5.74, 6) is 0.862. The zero-order chi connectivity index (χ0) is 24.4. The van der Waals surface area contributed by atoms with Crippen molar-refractivity contribution in [3.05, 3.63) is 76.8 Å². The van der Waals surface area contributed by atoms with Gasteiger partial charge in [0, 0.05) is 35.8 Å². The van der Waals surface area contributed by atoms with Gasteiger partial charge in [0.1, 0.15) is 23.1 Å². The van der Waals surface area contributed by atoms with Gasteiger partial charge in [-0.3, -0.25) is 9.69 Å². The van der Waals surface area contributed by atoms with E-state index >= 15 is 0 Å². The van der Waals surface area contributed by atoms with Crippen molar-refractivity contribution in [1.82, 2.24) is 4.90 Å². The number of benzene rings is 3. The molecular weight excluding hydrogens is 478 g/mol. The lowest BCUT2D eigenvalue weighted by molar-refractivity contribution is -0.121. The van der Waals surface area contributed by atoms with Crippen molar-refractivity contribution < 1.29 is 27.8 Å². The Morgan fingerprint density at radius 2 is 1.83 bits per heavy atom. The molecule has 1 saturated heterocycles. The van der Waals surface area contributed by atoms with E-state index in [4.69, 9.17) is 25.8 Å². The molecule has 2 heterocycles. The number of carbonyl (C=O) groups excluding carboxylic acids is 1. The summed E-state index contributed by atoms with van der Waals surface area (Å²) in [5.41, 5.74) is 1.31. The molecule has 35 heavy (non-hydrogen) atoms. The van der Waals surface area contributed by atoms with E-state index in [0.29, 0.717) is 61.0 Å². The first-order valence-corrected chi connectivity index (χ1v) is 11.7. The van der Waals surface area contributed by atoms with Crippen LogP contribution < -0.4 is 19.5 Å². The highest BCUT2D eigenvalue weighted by Crippen LogP contribution is 2.35. The molecule has 3 aromatic carbocycles. The first-order chi connectivity index (χ1) is 16.9. The summed E-state index contributed by atoms with van der Waals surface area (Å²) in [6, 6.07) is 13.7. The molecule has 0 aliphatic carbocycles. The molecular formula is C26H23ClF2N2O4. The Bertz CT molecular complexity index is 1250. The Morgan fingerprint density at radius 3 is 2.63 bits per heavy atom. The quantitative estimate of drug-likeness (QED) is 0.450. The van der Waals surface area contributed by atoms with E-state index in [-0.39, 0.29) is 35.2 Å². The van der Waals surface area contributed by atoms with Crippen LogP contribution in [0.5, 0.6) is 23.0 Å². The molecule has 5 rings (SSSR count). The van der Waals surface area contributed by atoms with E-state index < -0.39 is 5.82 Å². The predicted octanol–water partition coefficient (Wildman–Crippen LogP) is 5.99. The molecule has 0 spiro atoms. The summed E-state index contributed by atoms with van der Waals surface area (Å²) in [7, 11) is 0. The third-order valence-electron chi connectivity index (χ3n) is 6.13. The molecule has 3 aromatic rings. The Morgan fingerprint density at radius 1 is 1.03 bits per heavy atom. The molecule has 0 radical (unpaired) electrons. The highest BCUT2D eigenvalue weighted by molar-refractivity contribution is 6.30. The van der Waals surface area contributed by atoms with E-state index in [1.54, 1.807) is 24.3 Å². The molecule has 0 bridgehead atoms. The third kappa shape index (κ3) is 5.49. The highest BCUT2D eigenvalue weighted by Gasteiger charge is 2.26. The van der Waals surface area contributed by atoms with Crippen LogP contribution >= 0.6 is 11.6 Å². The number of anilines is 1. The zero-order valence-corrected chi connectivity index (χ0v) is 19.5.